The number of aromatic hydroxyl groups is 1. The van der Waals surface area contributed by atoms with E-state index in [9.17, 15) is 21.9 Å². The van der Waals surface area contributed by atoms with E-state index in [1.807, 2.05) is 20.8 Å². The zero-order valence-corrected chi connectivity index (χ0v) is 22.8. The molecule has 0 saturated carbocycles. The number of aliphatic imine (C=N–C) groups is 1. The second-order valence-electron chi connectivity index (χ2n) is 8.59. The normalized spacial score (nSPS) is 18.1. The van der Waals surface area contributed by atoms with Crippen molar-refractivity contribution in [3.8, 4) is 5.75 Å². The molecule has 0 unspecified atom stereocenters. The van der Waals surface area contributed by atoms with E-state index in [-0.39, 0.29) is 27.1 Å². The highest BCUT2D eigenvalue weighted by molar-refractivity contribution is 9.10. The molecule has 1 aromatic heterocycles. The van der Waals surface area contributed by atoms with Gasteiger partial charge in [-0.1, -0.05) is 20.8 Å². The molecule has 1 aromatic carbocycles. The lowest BCUT2D eigenvalue weighted by Crippen LogP contribution is -2.32. The van der Waals surface area contributed by atoms with Gasteiger partial charge in [0.25, 0.3) is 0 Å². The number of phenols is 1. The van der Waals surface area contributed by atoms with Crippen molar-refractivity contribution in [1.29, 1.82) is 0 Å². The SMILES string of the molecule is CN(C)S(=O)(=O)c1c(Br)ccc(NC2=NS(=O)(=O)NC2=N[C@@H](c2ccc(Cl)o2)C(C)(C)C)c1O. The summed E-state index contributed by atoms with van der Waals surface area (Å²) < 4.78 is 62.2. The maximum atomic E-state index is 12.7. The Morgan fingerprint density at radius 1 is 1.26 bits per heavy atom. The first kappa shape index (κ1) is 26.5. The summed E-state index contributed by atoms with van der Waals surface area (Å²) >= 11 is 9.04. The summed E-state index contributed by atoms with van der Waals surface area (Å²) in [5.74, 6) is -0.606. The minimum absolute atomic E-state index is 0.0951. The third kappa shape index (κ3) is 5.40. The summed E-state index contributed by atoms with van der Waals surface area (Å²) in [7, 11) is -5.54. The number of benzene rings is 1. The number of nitrogens with zero attached hydrogens (tertiary/aromatic N) is 3. The molecule has 3 rings (SSSR count). The molecule has 3 N–H and O–H groups in total. The quantitative estimate of drug-likeness (QED) is 0.447. The number of halogens is 2. The second kappa shape index (κ2) is 9.15. The third-order valence-electron chi connectivity index (χ3n) is 4.68. The largest absolute Gasteiger partial charge is 0.504 e. The standard InChI is InChI=1S/C19H23BrClN5O6S2/c1-19(2,3)16(12-8-9-13(21)32-12)23-18-17(24-34(30,31)25-18)22-11-7-6-10(20)15(14(11)27)33(28,29)26(4)5/h6-9,16,27H,1-5H3,(H,22,24)(H,23,25)/t16-/m0/s1. The van der Waals surface area contributed by atoms with E-state index in [1.165, 1.54) is 26.2 Å². The lowest BCUT2D eigenvalue weighted by molar-refractivity contribution is 0.287. The van der Waals surface area contributed by atoms with E-state index >= 15 is 0 Å². The molecule has 0 fully saturated rings. The maximum absolute atomic E-state index is 12.7. The minimum atomic E-state index is -4.14. The third-order valence-corrected chi connectivity index (χ3v) is 8.57. The highest BCUT2D eigenvalue weighted by atomic mass is 79.9. The Morgan fingerprint density at radius 2 is 1.91 bits per heavy atom. The highest BCUT2D eigenvalue weighted by Crippen LogP contribution is 2.40. The van der Waals surface area contributed by atoms with Gasteiger partial charge in [0, 0.05) is 18.6 Å². The lowest BCUT2D eigenvalue weighted by atomic mass is 9.85. The Hall–Kier alpha value is -2.13. The van der Waals surface area contributed by atoms with Crippen LogP contribution in [0.5, 0.6) is 5.75 Å². The Bertz CT molecular complexity index is 1390. The predicted molar refractivity (Wildman–Crippen MR) is 133 cm³/mol. The molecule has 1 aliphatic rings. The van der Waals surface area contributed by atoms with Gasteiger partial charge in [-0.05, 0) is 57.2 Å². The van der Waals surface area contributed by atoms with E-state index in [1.54, 1.807) is 12.1 Å². The molecule has 34 heavy (non-hydrogen) atoms. The van der Waals surface area contributed by atoms with E-state index < -0.39 is 42.3 Å². The molecule has 0 amide bonds. The van der Waals surface area contributed by atoms with Crippen molar-refractivity contribution in [2.24, 2.45) is 14.8 Å². The first-order valence-corrected chi connectivity index (χ1v) is 13.7. The topological polar surface area (TPSA) is 154 Å². The van der Waals surface area contributed by atoms with Crippen LogP contribution in [-0.2, 0) is 20.2 Å². The molecule has 0 radical (unpaired) electrons. The summed E-state index contributed by atoms with van der Waals surface area (Å²) in [5.41, 5.74) is -0.609. The number of phenolic OH excluding ortho intramolecular Hbond substituents is 1. The molecule has 0 bridgehead atoms. The number of anilines is 1. The number of nitrogens with one attached hydrogen (secondary N) is 2. The van der Waals surface area contributed by atoms with E-state index in [0.717, 1.165) is 4.31 Å². The molecular weight excluding hydrogens is 574 g/mol. The average molecular weight is 597 g/mol. The van der Waals surface area contributed by atoms with E-state index in [0.29, 0.717) is 5.76 Å². The van der Waals surface area contributed by atoms with Crippen LogP contribution in [0, 0.1) is 5.41 Å². The maximum Gasteiger partial charge on any atom is 0.345 e. The van der Waals surface area contributed by atoms with Gasteiger partial charge in [-0.2, -0.15) is 8.42 Å². The van der Waals surface area contributed by atoms with Gasteiger partial charge in [0.05, 0.1) is 5.69 Å². The molecular formula is C19H23BrClN5O6S2. The number of sulfonamides is 1. The van der Waals surface area contributed by atoms with Crippen molar-refractivity contribution < 1.29 is 26.4 Å². The average Bonchev–Trinajstić information content (AvgIpc) is 3.22. The van der Waals surface area contributed by atoms with Crippen molar-refractivity contribution in [2.45, 2.75) is 31.7 Å². The first-order chi connectivity index (χ1) is 15.5. The smallest absolute Gasteiger partial charge is 0.345 e. The minimum Gasteiger partial charge on any atom is -0.504 e. The summed E-state index contributed by atoms with van der Waals surface area (Å²) in [4.78, 5) is 4.12. The Kier molecular flexibility index (Phi) is 7.12. The van der Waals surface area contributed by atoms with Gasteiger partial charge >= 0.3 is 10.2 Å². The molecule has 15 heteroatoms. The van der Waals surface area contributed by atoms with Crippen molar-refractivity contribution in [1.82, 2.24) is 9.03 Å². The fourth-order valence-corrected chi connectivity index (χ4v) is 5.95. The van der Waals surface area contributed by atoms with Gasteiger partial charge in [-0.15, -0.1) is 4.40 Å². The van der Waals surface area contributed by atoms with Gasteiger partial charge in [0.2, 0.25) is 10.0 Å². The zero-order chi connectivity index (χ0) is 25.6. The van der Waals surface area contributed by atoms with Crippen LogP contribution in [-0.4, -0.2) is 52.0 Å². The molecule has 0 saturated heterocycles. The van der Waals surface area contributed by atoms with Crippen LogP contribution in [0.15, 0.2) is 47.4 Å². The van der Waals surface area contributed by atoms with E-state index in [4.69, 9.17) is 16.0 Å². The molecule has 1 aliphatic heterocycles. The van der Waals surface area contributed by atoms with Crippen molar-refractivity contribution in [2.75, 3.05) is 19.4 Å². The number of hydrogen-bond donors (Lipinski definition) is 3. The molecule has 1 atom stereocenters. The molecule has 186 valence electrons. The Morgan fingerprint density at radius 3 is 2.44 bits per heavy atom. The highest BCUT2D eigenvalue weighted by Gasteiger charge is 2.34. The van der Waals surface area contributed by atoms with Crippen LogP contribution in [0.2, 0.25) is 5.22 Å². The zero-order valence-electron chi connectivity index (χ0n) is 18.8. The monoisotopic (exact) mass is 595 g/mol. The summed E-state index contributed by atoms with van der Waals surface area (Å²) in [5, 5.41) is 13.6. The summed E-state index contributed by atoms with van der Waals surface area (Å²) in [6.45, 7) is 5.64. The summed E-state index contributed by atoms with van der Waals surface area (Å²) in [6, 6.07) is 5.29. The van der Waals surface area contributed by atoms with Gasteiger partial charge in [-0.25, -0.2) is 17.4 Å². The van der Waals surface area contributed by atoms with Crippen LogP contribution in [0.3, 0.4) is 0 Å². The van der Waals surface area contributed by atoms with Crippen molar-refractivity contribution >= 4 is 65.1 Å². The van der Waals surface area contributed by atoms with E-state index in [2.05, 4.69) is 35.4 Å². The Balaban J connectivity index is 2.09. The van der Waals surface area contributed by atoms with Gasteiger partial charge in [-0.3, -0.25) is 4.99 Å². The van der Waals surface area contributed by atoms with Gasteiger partial charge in [0.1, 0.15) is 16.7 Å². The van der Waals surface area contributed by atoms with Gasteiger partial charge < -0.3 is 14.8 Å². The number of rotatable bonds is 5. The van der Waals surface area contributed by atoms with Crippen molar-refractivity contribution in [3.63, 3.8) is 0 Å². The predicted octanol–water partition coefficient (Wildman–Crippen LogP) is 3.50. The molecule has 2 heterocycles. The van der Waals surface area contributed by atoms with Crippen LogP contribution in [0.25, 0.3) is 0 Å². The molecule has 11 nitrogen and oxygen atoms in total. The molecule has 2 aromatic rings. The second-order valence-corrected chi connectivity index (χ2v) is 13.2. The number of hydrogen-bond acceptors (Lipinski definition) is 8. The van der Waals surface area contributed by atoms with Crippen molar-refractivity contribution in [3.05, 3.63) is 39.7 Å². The van der Waals surface area contributed by atoms with Crippen LogP contribution in [0.4, 0.5) is 5.69 Å². The number of furan rings is 1. The fourth-order valence-electron chi connectivity index (χ4n) is 3.02. The fraction of sp³-hybridized carbons (Fsp3) is 0.368. The first-order valence-electron chi connectivity index (χ1n) is 9.70. The Labute approximate surface area is 211 Å². The van der Waals surface area contributed by atoms with Crippen LogP contribution in [0.1, 0.15) is 32.6 Å². The number of amidine groups is 2. The van der Waals surface area contributed by atoms with Crippen LogP contribution < -0.4 is 10.0 Å². The molecule has 0 spiro atoms. The van der Waals surface area contributed by atoms with Crippen LogP contribution >= 0.6 is 27.5 Å². The lowest BCUT2D eigenvalue weighted by Gasteiger charge is -2.26. The van der Waals surface area contributed by atoms with Gasteiger partial charge in [0.15, 0.2) is 22.6 Å². The molecule has 0 aliphatic carbocycles. The summed E-state index contributed by atoms with van der Waals surface area (Å²) in [6.07, 6.45) is 0.